The Balaban J connectivity index is 1.66. The number of hydrogen-bond donors (Lipinski definition) is 4. The van der Waals surface area contributed by atoms with Crippen molar-refractivity contribution in [3.8, 4) is 5.75 Å². The normalized spacial score (nSPS) is 14.6. The highest BCUT2D eigenvalue weighted by molar-refractivity contribution is 7.95. The summed E-state index contributed by atoms with van der Waals surface area (Å²) >= 11 is 0. The number of aromatic hydroxyl groups is 1. The molecule has 0 bridgehead atoms. The van der Waals surface area contributed by atoms with E-state index in [1.54, 1.807) is 13.0 Å². The van der Waals surface area contributed by atoms with Gasteiger partial charge in [-0.05, 0) is 91.8 Å². The fraction of sp³-hybridized carbons (Fsp3) is 0.286. The predicted molar refractivity (Wildman–Crippen MR) is 164 cm³/mol. The van der Waals surface area contributed by atoms with Crippen LogP contribution in [0.15, 0.2) is 84.5 Å². The maximum absolute atomic E-state index is 12.3. The highest BCUT2D eigenvalue weighted by Gasteiger charge is 2.20. The van der Waals surface area contributed by atoms with Crippen LogP contribution in [0, 0.1) is 13.8 Å². The molecule has 0 saturated carbocycles. The first-order valence-electron chi connectivity index (χ1n) is 13.1. The van der Waals surface area contributed by atoms with Crippen molar-refractivity contribution in [1.29, 1.82) is 0 Å². The number of phenols is 1. The number of rotatable bonds is 10. The lowest BCUT2D eigenvalue weighted by molar-refractivity contribution is 0.482. The van der Waals surface area contributed by atoms with Gasteiger partial charge in [0.25, 0.3) is 0 Å². The zero-order valence-electron chi connectivity index (χ0n) is 23.3. The monoisotopic (exact) mass is 611 g/mol. The molecule has 0 aromatic heterocycles. The van der Waals surface area contributed by atoms with Crippen LogP contribution in [0.4, 0.5) is 22.7 Å². The molecule has 14 heteroatoms. The fourth-order valence-electron chi connectivity index (χ4n) is 4.55. The van der Waals surface area contributed by atoms with E-state index in [0.717, 1.165) is 5.56 Å². The van der Waals surface area contributed by atoms with Crippen LogP contribution in [-0.4, -0.2) is 46.5 Å². The molecule has 0 saturated heterocycles. The van der Waals surface area contributed by atoms with E-state index in [1.165, 1.54) is 30.3 Å². The van der Waals surface area contributed by atoms with Gasteiger partial charge in [0.05, 0.1) is 38.9 Å². The summed E-state index contributed by atoms with van der Waals surface area (Å²) in [7, 11) is -6.85. The number of anilines is 1. The van der Waals surface area contributed by atoms with Crippen molar-refractivity contribution in [1.82, 2.24) is 0 Å². The number of nitrogen functional groups attached to an aromatic ring is 1. The maximum Gasteiger partial charge on any atom is 0.179 e. The molecule has 222 valence electrons. The Labute approximate surface area is 244 Å². The number of hydrogen-bond acceptors (Lipinski definition) is 12. The second-order valence-corrected chi connectivity index (χ2v) is 14.1. The number of aryl methyl sites for hydroxylation is 2. The van der Waals surface area contributed by atoms with Gasteiger partial charge in [-0.1, -0.05) is 0 Å². The summed E-state index contributed by atoms with van der Waals surface area (Å²) in [4.78, 5) is 0.460. The van der Waals surface area contributed by atoms with Crippen molar-refractivity contribution in [3.63, 3.8) is 0 Å². The van der Waals surface area contributed by atoms with Gasteiger partial charge in [-0.15, -0.1) is 10.2 Å². The molecular formula is C28H33N7O5S2. The molecule has 0 atom stereocenters. The van der Waals surface area contributed by atoms with Gasteiger partial charge in [0.2, 0.25) is 0 Å². The maximum atomic E-state index is 12.3. The SMILES string of the molecule is Cc1cc2cc(C)c(N=Nc3ccc(S(=O)(=O)CCN)cc3)c(O)c2c(N)c1N=NC1=CC=C(S(=O)(=O)CCN)CC1. The summed E-state index contributed by atoms with van der Waals surface area (Å²) in [6, 6.07) is 9.56. The number of phenolic OH excluding ortho intramolecular Hbond substituents is 1. The molecule has 7 N–H and O–H groups in total. The third-order valence-electron chi connectivity index (χ3n) is 6.77. The number of nitrogens with two attached hydrogens (primary N) is 3. The molecule has 1 aliphatic carbocycles. The van der Waals surface area contributed by atoms with E-state index in [4.69, 9.17) is 17.2 Å². The largest absolute Gasteiger partial charge is 0.505 e. The topological polar surface area (TPSA) is 216 Å². The molecule has 42 heavy (non-hydrogen) atoms. The first kappa shape index (κ1) is 31.0. The average molecular weight is 612 g/mol. The Morgan fingerprint density at radius 1 is 0.786 bits per heavy atom. The summed E-state index contributed by atoms with van der Waals surface area (Å²) in [5, 5.41) is 29.3. The number of fused-ring (bicyclic) bond motifs is 1. The van der Waals surface area contributed by atoms with Gasteiger partial charge >= 0.3 is 0 Å². The van der Waals surface area contributed by atoms with Crippen LogP contribution in [0.1, 0.15) is 24.0 Å². The molecule has 12 nitrogen and oxygen atoms in total. The lowest BCUT2D eigenvalue weighted by Gasteiger charge is -2.14. The van der Waals surface area contributed by atoms with Crippen molar-refractivity contribution in [2.45, 2.75) is 31.6 Å². The Morgan fingerprint density at radius 3 is 1.98 bits per heavy atom. The summed E-state index contributed by atoms with van der Waals surface area (Å²) in [5.74, 6) is -0.443. The minimum Gasteiger partial charge on any atom is -0.505 e. The third kappa shape index (κ3) is 6.57. The van der Waals surface area contributed by atoms with Crippen molar-refractivity contribution >= 4 is 53.2 Å². The number of sulfone groups is 2. The number of benzene rings is 3. The van der Waals surface area contributed by atoms with Crippen LogP contribution in [0.2, 0.25) is 0 Å². The molecule has 0 spiro atoms. The van der Waals surface area contributed by atoms with Crippen LogP contribution >= 0.6 is 0 Å². The van der Waals surface area contributed by atoms with Crippen molar-refractivity contribution < 1.29 is 21.9 Å². The van der Waals surface area contributed by atoms with Gasteiger partial charge in [0.1, 0.15) is 11.4 Å². The van der Waals surface area contributed by atoms with Crippen LogP contribution in [0.25, 0.3) is 10.8 Å². The van der Waals surface area contributed by atoms with E-state index in [9.17, 15) is 21.9 Å². The Hall–Kier alpha value is -3.98. The molecule has 0 fully saturated rings. The lowest BCUT2D eigenvalue weighted by Crippen LogP contribution is -2.18. The third-order valence-corrected chi connectivity index (χ3v) is 10.4. The quantitative estimate of drug-likeness (QED) is 0.182. The zero-order chi connectivity index (χ0) is 30.7. The molecule has 1 aliphatic rings. The molecule has 0 unspecified atom stereocenters. The number of nitrogens with zero attached hydrogens (tertiary/aromatic N) is 4. The Kier molecular flexibility index (Phi) is 9.21. The van der Waals surface area contributed by atoms with E-state index >= 15 is 0 Å². The Morgan fingerprint density at radius 2 is 1.38 bits per heavy atom. The van der Waals surface area contributed by atoms with E-state index in [-0.39, 0.29) is 46.6 Å². The van der Waals surface area contributed by atoms with Gasteiger partial charge in [-0.2, -0.15) is 10.2 Å². The highest BCUT2D eigenvalue weighted by atomic mass is 32.2. The lowest BCUT2D eigenvalue weighted by atomic mass is 9.99. The van der Waals surface area contributed by atoms with Crippen LogP contribution in [-0.2, 0) is 19.7 Å². The summed E-state index contributed by atoms with van der Waals surface area (Å²) in [5.41, 5.74) is 20.4. The van der Waals surface area contributed by atoms with Gasteiger partial charge in [-0.25, -0.2) is 16.8 Å². The van der Waals surface area contributed by atoms with Crippen molar-refractivity contribution in [2.24, 2.45) is 31.9 Å². The first-order valence-corrected chi connectivity index (χ1v) is 16.4. The van der Waals surface area contributed by atoms with E-state index in [0.29, 0.717) is 51.2 Å². The number of azo groups is 2. The summed E-state index contributed by atoms with van der Waals surface area (Å²) in [6.07, 6.45) is 3.83. The van der Waals surface area contributed by atoms with Crippen molar-refractivity contribution in [3.05, 3.63) is 70.3 Å². The van der Waals surface area contributed by atoms with Gasteiger partial charge in [0.15, 0.2) is 25.4 Å². The minimum atomic E-state index is -3.47. The molecule has 0 aliphatic heterocycles. The Bertz CT molecular complexity index is 1860. The van der Waals surface area contributed by atoms with E-state index in [2.05, 4.69) is 20.5 Å². The molecule has 0 amide bonds. The summed E-state index contributed by atoms with van der Waals surface area (Å²) < 4.78 is 48.9. The standard InChI is InChI=1S/C28H33N7O5S2/c1-17-15-19-16-18(2)27(35-33-21-5-9-23(10-6-21)42(39,40)14-12-30)28(36)24(19)25(31)26(17)34-32-20-3-7-22(8-4-20)41(37,38)13-11-29/h3,5-7,9-10,15-16,36H,4,8,11-14,29-31H2,1-2H3. The van der Waals surface area contributed by atoms with Gasteiger partial charge in [-0.3, -0.25) is 0 Å². The minimum absolute atomic E-state index is 0.0220. The molecule has 0 radical (unpaired) electrons. The number of allylic oxidation sites excluding steroid dienone is 4. The van der Waals surface area contributed by atoms with Gasteiger partial charge < -0.3 is 22.3 Å². The molecule has 3 aromatic carbocycles. The van der Waals surface area contributed by atoms with Crippen LogP contribution in [0.3, 0.4) is 0 Å². The van der Waals surface area contributed by atoms with E-state index < -0.39 is 19.7 Å². The summed E-state index contributed by atoms with van der Waals surface area (Å²) in [6.45, 7) is 3.68. The van der Waals surface area contributed by atoms with Crippen LogP contribution in [0.5, 0.6) is 5.75 Å². The second kappa shape index (κ2) is 12.5. The van der Waals surface area contributed by atoms with Gasteiger partial charge in [0, 0.05) is 18.0 Å². The molecular weight excluding hydrogens is 578 g/mol. The zero-order valence-corrected chi connectivity index (χ0v) is 24.9. The molecule has 4 rings (SSSR count). The smallest absolute Gasteiger partial charge is 0.179 e. The highest BCUT2D eigenvalue weighted by Crippen LogP contribution is 2.45. The first-order chi connectivity index (χ1) is 19.9. The average Bonchev–Trinajstić information content (AvgIpc) is 2.93. The van der Waals surface area contributed by atoms with Crippen LogP contribution < -0.4 is 17.2 Å². The van der Waals surface area contributed by atoms with E-state index in [1.807, 2.05) is 19.1 Å². The second-order valence-electron chi connectivity index (χ2n) is 9.84. The molecule has 3 aromatic rings. The van der Waals surface area contributed by atoms with Crippen molar-refractivity contribution in [2.75, 3.05) is 30.3 Å². The predicted octanol–water partition coefficient (Wildman–Crippen LogP) is 4.91. The molecule has 0 heterocycles. The fourth-order valence-corrected chi connectivity index (χ4v) is 6.91.